The Bertz CT molecular complexity index is 763. The number of hydrogen-bond acceptors (Lipinski definition) is 2. The Morgan fingerprint density at radius 3 is 2.84 bits per heavy atom. The molecule has 2 aromatic carbocycles. The molecule has 132 valence electrons. The van der Waals surface area contributed by atoms with Crippen LogP contribution in [0.15, 0.2) is 42.5 Å². The molecule has 0 bridgehead atoms. The molecule has 1 heterocycles. The average Bonchev–Trinajstić information content (AvgIpc) is 2.60. The second kappa shape index (κ2) is 8.22. The maximum absolute atomic E-state index is 12.7. The number of halogens is 2. The summed E-state index contributed by atoms with van der Waals surface area (Å²) in [6.07, 6.45) is 1.93. The predicted octanol–water partition coefficient (Wildman–Crippen LogP) is 5.12. The Balaban J connectivity index is 1.61. The third-order valence-electron chi connectivity index (χ3n) is 4.40. The van der Waals surface area contributed by atoms with E-state index in [1.807, 2.05) is 11.0 Å². The van der Waals surface area contributed by atoms with E-state index >= 15 is 0 Å². The van der Waals surface area contributed by atoms with E-state index in [2.05, 4.69) is 25.1 Å². The zero-order valence-electron chi connectivity index (χ0n) is 14.2. The van der Waals surface area contributed by atoms with Crippen LogP contribution in [0.5, 0.6) is 0 Å². The van der Waals surface area contributed by atoms with Crippen molar-refractivity contribution < 1.29 is 9.53 Å². The predicted molar refractivity (Wildman–Crippen MR) is 101 cm³/mol. The number of carbonyl (C=O) groups is 1. The van der Waals surface area contributed by atoms with Crippen molar-refractivity contribution in [1.29, 1.82) is 0 Å². The fourth-order valence-electron chi connectivity index (χ4n) is 3.11. The first-order valence-corrected chi connectivity index (χ1v) is 9.20. The van der Waals surface area contributed by atoms with Gasteiger partial charge in [0.2, 0.25) is 0 Å². The summed E-state index contributed by atoms with van der Waals surface area (Å²) in [6.45, 7) is 3.95. The molecule has 5 heteroatoms. The lowest BCUT2D eigenvalue weighted by Gasteiger charge is -2.33. The van der Waals surface area contributed by atoms with Gasteiger partial charge in [-0.15, -0.1) is 0 Å². The Morgan fingerprint density at radius 1 is 1.24 bits per heavy atom. The Labute approximate surface area is 158 Å². The normalized spacial score (nSPS) is 17.6. The van der Waals surface area contributed by atoms with Crippen molar-refractivity contribution in [3.05, 3.63) is 69.2 Å². The van der Waals surface area contributed by atoms with E-state index in [4.69, 9.17) is 27.9 Å². The van der Waals surface area contributed by atoms with Crippen molar-refractivity contribution in [2.45, 2.75) is 32.5 Å². The number of hydrogen-bond donors (Lipinski definition) is 0. The molecular weight excluding hydrogens is 357 g/mol. The quantitative estimate of drug-likeness (QED) is 0.739. The van der Waals surface area contributed by atoms with Crippen molar-refractivity contribution in [2.24, 2.45) is 0 Å². The molecule has 0 unspecified atom stereocenters. The minimum absolute atomic E-state index is 0.0456. The molecule has 1 aliphatic rings. The number of nitrogens with zero attached hydrogens (tertiary/aromatic N) is 1. The van der Waals surface area contributed by atoms with Gasteiger partial charge in [0.05, 0.1) is 23.3 Å². The van der Waals surface area contributed by atoms with E-state index in [1.165, 1.54) is 5.56 Å². The second-order valence-corrected chi connectivity index (χ2v) is 7.28. The van der Waals surface area contributed by atoms with Crippen LogP contribution in [0.3, 0.4) is 0 Å². The molecule has 0 saturated carbocycles. The smallest absolute Gasteiger partial charge is 0.255 e. The lowest BCUT2D eigenvalue weighted by molar-refractivity contribution is -0.00673. The molecule has 1 atom stereocenters. The molecule has 1 aliphatic heterocycles. The van der Waals surface area contributed by atoms with E-state index < -0.39 is 0 Å². The monoisotopic (exact) mass is 377 g/mol. The van der Waals surface area contributed by atoms with Crippen LogP contribution < -0.4 is 0 Å². The van der Waals surface area contributed by atoms with Gasteiger partial charge in [0, 0.05) is 18.1 Å². The Hall–Kier alpha value is -1.55. The molecule has 3 nitrogen and oxygen atoms in total. The SMILES string of the molecule is Cc1cccc(CO[C@@H]2CCCN(C(=O)c3ccc(Cl)cc3Cl)C2)c1. The highest BCUT2D eigenvalue weighted by Crippen LogP contribution is 2.24. The first-order valence-electron chi connectivity index (χ1n) is 8.44. The highest BCUT2D eigenvalue weighted by Gasteiger charge is 2.26. The van der Waals surface area contributed by atoms with Crippen LogP contribution >= 0.6 is 23.2 Å². The molecule has 0 aromatic heterocycles. The summed E-state index contributed by atoms with van der Waals surface area (Å²) >= 11 is 12.1. The summed E-state index contributed by atoms with van der Waals surface area (Å²) in [5.41, 5.74) is 2.87. The summed E-state index contributed by atoms with van der Waals surface area (Å²) in [7, 11) is 0. The van der Waals surface area contributed by atoms with Crippen molar-refractivity contribution in [1.82, 2.24) is 4.90 Å². The van der Waals surface area contributed by atoms with Crippen molar-refractivity contribution >= 4 is 29.1 Å². The molecule has 0 radical (unpaired) electrons. The van der Waals surface area contributed by atoms with Gasteiger partial charge >= 0.3 is 0 Å². The number of carbonyl (C=O) groups excluding carboxylic acids is 1. The minimum Gasteiger partial charge on any atom is -0.372 e. The highest BCUT2D eigenvalue weighted by atomic mass is 35.5. The molecule has 25 heavy (non-hydrogen) atoms. The van der Waals surface area contributed by atoms with Gasteiger partial charge in [-0.25, -0.2) is 0 Å². The van der Waals surface area contributed by atoms with Gasteiger partial charge in [-0.3, -0.25) is 4.79 Å². The number of likely N-dealkylation sites (tertiary alicyclic amines) is 1. The summed E-state index contributed by atoms with van der Waals surface area (Å²) in [5.74, 6) is -0.0643. The van der Waals surface area contributed by atoms with Gasteiger partial charge in [-0.2, -0.15) is 0 Å². The van der Waals surface area contributed by atoms with Crippen LogP contribution in [0.25, 0.3) is 0 Å². The highest BCUT2D eigenvalue weighted by molar-refractivity contribution is 6.36. The van der Waals surface area contributed by atoms with Gasteiger partial charge < -0.3 is 9.64 Å². The first kappa shape index (κ1) is 18.2. The zero-order chi connectivity index (χ0) is 17.8. The van der Waals surface area contributed by atoms with Crippen LogP contribution in [0, 0.1) is 6.92 Å². The number of aryl methyl sites for hydroxylation is 1. The lowest BCUT2D eigenvalue weighted by atomic mass is 10.1. The van der Waals surface area contributed by atoms with Crippen LogP contribution in [-0.4, -0.2) is 30.0 Å². The fraction of sp³-hybridized carbons (Fsp3) is 0.350. The molecular formula is C20H21Cl2NO2. The van der Waals surface area contributed by atoms with E-state index in [-0.39, 0.29) is 12.0 Å². The van der Waals surface area contributed by atoms with Crippen LogP contribution in [-0.2, 0) is 11.3 Å². The number of ether oxygens (including phenoxy) is 1. The van der Waals surface area contributed by atoms with Crippen LogP contribution in [0.4, 0.5) is 0 Å². The number of rotatable bonds is 4. The number of amides is 1. The maximum atomic E-state index is 12.7. The van der Waals surface area contributed by atoms with Crippen LogP contribution in [0.2, 0.25) is 10.0 Å². The van der Waals surface area contributed by atoms with Crippen molar-refractivity contribution in [2.75, 3.05) is 13.1 Å². The minimum atomic E-state index is -0.0643. The third kappa shape index (κ3) is 4.75. The van der Waals surface area contributed by atoms with Crippen LogP contribution in [0.1, 0.15) is 34.3 Å². The molecule has 0 N–H and O–H groups in total. The fourth-order valence-corrected chi connectivity index (χ4v) is 3.60. The maximum Gasteiger partial charge on any atom is 0.255 e. The Morgan fingerprint density at radius 2 is 2.08 bits per heavy atom. The summed E-state index contributed by atoms with van der Waals surface area (Å²) < 4.78 is 6.04. The Kier molecular flexibility index (Phi) is 6.00. The van der Waals surface area contributed by atoms with E-state index in [9.17, 15) is 4.79 Å². The summed E-state index contributed by atoms with van der Waals surface area (Å²) in [5, 5.41) is 0.917. The lowest BCUT2D eigenvalue weighted by Crippen LogP contribution is -2.43. The van der Waals surface area contributed by atoms with E-state index in [1.54, 1.807) is 18.2 Å². The standard InChI is InChI=1S/C20H21Cl2NO2/c1-14-4-2-5-15(10-14)13-25-17-6-3-9-23(12-17)20(24)18-8-7-16(21)11-19(18)22/h2,4-5,7-8,10-11,17H,3,6,9,12-13H2,1H3/t17-/m1/s1. The molecule has 1 fully saturated rings. The van der Waals surface area contributed by atoms with Gasteiger partial charge in [0.25, 0.3) is 5.91 Å². The van der Waals surface area contributed by atoms with Gasteiger partial charge in [-0.05, 0) is 43.5 Å². The third-order valence-corrected chi connectivity index (χ3v) is 4.94. The molecule has 2 aromatic rings. The van der Waals surface area contributed by atoms with E-state index in [0.717, 1.165) is 24.9 Å². The van der Waals surface area contributed by atoms with Crippen molar-refractivity contribution in [3.8, 4) is 0 Å². The van der Waals surface area contributed by atoms with Gasteiger partial charge in [0.1, 0.15) is 0 Å². The van der Waals surface area contributed by atoms with Crippen molar-refractivity contribution in [3.63, 3.8) is 0 Å². The summed E-state index contributed by atoms with van der Waals surface area (Å²) in [6, 6.07) is 13.3. The molecule has 3 rings (SSSR count). The molecule has 1 saturated heterocycles. The largest absolute Gasteiger partial charge is 0.372 e. The molecule has 0 spiro atoms. The topological polar surface area (TPSA) is 29.5 Å². The second-order valence-electron chi connectivity index (χ2n) is 6.44. The summed E-state index contributed by atoms with van der Waals surface area (Å²) in [4.78, 5) is 14.6. The van der Waals surface area contributed by atoms with E-state index in [0.29, 0.717) is 28.8 Å². The number of piperidine rings is 1. The van der Waals surface area contributed by atoms with Gasteiger partial charge in [-0.1, -0.05) is 53.0 Å². The van der Waals surface area contributed by atoms with Gasteiger partial charge in [0.15, 0.2) is 0 Å². The average molecular weight is 378 g/mol. The first-order chi connectivity index (χ1) is 12.0. The molecule has 1 amide bonds. The zero-order valence-corrected chi connectivity index (χ0v) is 15.7. The number of benzene rings is 2. The molecule has 0 aliphatic carbocycles.